The summed E-state index contributed by atoms with van der Waals surface area (Å²) < 4.78 is 61.6. The molecular formula is C10H10F4O2. The van der Waals surface area contributed by atoms with E-state index in [4.69, 9.17) is 0 Å². The van der Waals surface area contributed by atoms with Crippen LogP contribution in [0.15, 0.2) is 0 Å². The minimum atomic E-state index is -1.53. The molecule has 1 rings (SSSR count). The third-order valence-corrected chi connectivity index (χ3v) is 1.98. The van der Waals surface area contributed by atoms with E-state index in [0.29, 0.717) is 0 Å². The molecule has 0 fully saturated rings. The second kappa shape index (κ2) is 5.16. The molecule has 0 saturated carbocycles. The summed E-state index contributed by atoms with van der Waals surface area (Å²) in [5.41, 5.74) is -0.714. The maximum Gasteiger partial charge on any atom is 0.204 e. The summed E-state index contributed by atoms with van der Waals surface area (Å²) in [7, 11) is 1.35. The van der Waals surface area contributed by atoms with Crippen molar-refractivity contribution in [3.05, 3.63) is 28.8 Å². The Morgan fingerprint density at radius 2 is 1.38 bits per heavy atom. The monoisotopic (exact) mass is 238 g/mol. The van der Waals surface area contributed by atoms with Gasteiger partial charge in [-0.3, -0.25) is 0 Å². The molecule has 0 bridgehead atoms. The van der Waals surface area contributed by atoms with E-state index in [2.05, 4.69) is 9.47 Å². The Kier molecular flexibility index (Phi) is 4.12. The highest BCUT2D eigenvalue weighted by molar-refractivity contribution is 5.33. The van der Waals surface area contributed by atoms with Crippen molar-refractivity contribution >= 4 is 0 Å². The number of rotatable bonds is 4. The van der Waals surface area contributed by atoms with Crippen LogP contribution in [0.4, 0.5) is 17.6 Å². The van der Waals surface area contributed by atoms with Gasteiger partial charge in [-0.15, -0.1) is 0 Å². The summed E-state index contributed by atoms with van der Waals surface area (Å²) in [5, 5.41) is 0. The fourth-order valence-corrected chi connectivity index (χ4v) is 1.08. The first-order valence-electron chi connectivity index (χ1n) is 4.45. The van der Waals surface area contributed by atoms with Crippen molar-refractivity contribution in [2.75, 3.05) is 20.3 Å². The molecule has 1 aromatic rings. The van der Waals surface area contributed by atoms with Crippen LogP contribution in [0, 0.1) is 30.2 Å². The minimum absolute atomic E-state index is 0.0516. The summed E-state index contributed by atoms with van der Waals surface area (Å²) in [6, 6.07) is 0. The molecule has 2 nitrogen and oxygen atoms in total. The fourth-order valence-electron chi connectivity index (χ4n) is 1.08. The second-order valence-corrected chi connectivity index (χ2v) is 3.05. The summed E-state index contributed by atoms with van der Waals surface area (Å²) in [6.07, 6.45) is 0. The zero-order valence-electron chi connectivity index (χ0n) is 8.74. The van der Waals surface area contributed by atoms with Gasteiger partial charge in [0.05, 0.1) is 6.61 Å². The van der Waals surface area contributed by atoms with E-state index in [-0.39, 0.29) is 13.2 Å². The van der Waals surface area contributed by atoms with Crippen LogP contribution in [-0.2, 0) is 4.74 Å². The van der Waals surface area contributed by atoms with Gasteiger partial charge in [-0.05, 0) is 6.92 Å². The normalized spacial score (nSPS) is 10.6. The molecule has 0 heterocycles. The van der Waals surface area contributed by atoms with Crippen LogP contribution < -0.4 is 4.74 Å². The third kappa shape index (κ3) is 2.27. The number of halogens is 4. The SMILES string of the molecule is COCCOc1c(F)c(F)c(C)c(F)c1F. The standard InChI is InChI=1S/C10H10F4O2/c1-5-6(11)8(13)10(9(14)7(5)12)16-4-3-15-2/h3-4H2,1-2H3. The molecule has 0 saturated heterocycles. The smallest absolute Gasteiger partial charge is 0.204 e. The highest BCUT2D eigenvalue weighted by Crippen LogP contribution is 2.29. The number of benzene rings is 1. The zero-order valence-corrected chi connectivity index (χ0v) is 8.74. The van der Waals surface area contributed by atoms with E-state index in [1.54, 1.807) is 0 Å². The zero-order chi connectivity index (χ0) is 12.3. The van der Waals surface area contributed by atoms with Crippen LogP contribution in [0.25, 0.3) is 0 Å². The molecule has 6 heteroatoms. The summed E-state index contributed by atoms with van der Waals surface area (Å²) in [5.74, 6) is -7.03. The molecule has 0 aliphatic rings. The first kappa shape index (κ1) is 12.8. The van der Waals surface area contributed by atoms with Crippen LogP contribution in [-0.4, -0.2) is 20.3 Å². The van der Waals surface area contributed by atoms with Gasteiger partial charge in [-0.1, -0.05) is 0 Å². The highest BCUT2D eigenvalue weighted by Gasteiger charge is 2.24. The van der Waals surface area contributed by atoms with Gasteiger partial charge in [0.25, 0.3) is 0 Å². The van der Waals surface area contributed by atoms with E-state index in [0.717, 1.165) is 6.92 Å². The van der Waals surface area contributed by atoms with Crippen molar-refractivity contribution in [1.82, 2.24) is 0 Å². The minimum Gasteiger partial charge on any atom is -0.485 e. The lowest BCUT2D eigenvalue weighted by molar-refractivity contribution is 0.139. The van der Waals surface area contributed by atoms with Crippen LogP contribution in [0.2, 0.25) is 0 Å². The average Bonchev–Trinajstić information content (AvgIpc) is 2.28. The van der Waals surface area contributed by atoms with Crippen molar-refractivity contribution in [2.45, 2.75) is 6.92 Å². The molecule has 90 valence electrons. The molecular weight excluding hydrogens is 228 g/mol. The quantitative estimate of drug-likeness (QED) is 0.456. The van der Waals surface area contributed by atoms with E-state index >= 15 is 0 Å². The Morgan fingerprint density at radius 3 is 1.81 bits per heavy atom. The molecule has 16 heavy (non-hydrogen) atoms. The van der Waals surface area contributed by atoms with E-state index in [1.165, 1.54) is 7.11 Å². The topological polar surface area (TPSA) is 18.5 Å². The van der Waals surface area contributed by atoms with Crippen LogP contribution in [0.3, 0.4) is 0 Å². The summed E-state index contributed by atoms with van der Waals surface area (Å²) in [6.45, 7) is 0.790. The Balaban J connectivity index is 3.08. The predicted molar refractivity (Wildman–Crippen MR) is 48.4 cm³/mol. The molecule has 0 aromatic heterocycles. The molecule has 0 unspecified atom stereocenters. The van der Waals surface area contributed by atoms with Gasteiger partial charge in [0.1, 0.15) is 6.61 Å². The first-order chi connectivity index (χ1) is 7.50. The van der Waals surface area contributed by atoms with Gasteiger partial charge < -0.3 is 9.47 Å². The van der Waals surface area contributed by atoms with Gasteiger partial charge >= 0.3 is 0 Å². The largest absolute Gasteiger partial charge is 0.485 e. The molecule has 0 radical (unpaired) electrons. The summed E-state index contributed by atoms with van der Waals surface area (Å²) >= 11 is 0. The lowest BCUT2D eigenvalue weighted by Gasteiger charge is -2.10. The molecule has 1 aromatic carbocycles. The van der Waals surface area contributed by atoms with Crippen molar-refractivity contribution in [3.8, 4) is 5.75 Å². The fraction of sp³-hybridized carbons (Fsp3) is 0.400. The van der Waals surface area contributed by atoms with E-state index in [9.17, 15) is 17.6 Å². The van der Waals surface area contributed by atoms with Crippen molar-refractivity contribution < 1.29 is 27.0 Å². The maximum atomic E-state index is 13.2. The second-order valence-electron chi connectivity index (χ2n) is 3.05. The van der Waals surface area contributed by atoms with E-state index in [1.807, 2.05) is 0 Å². The van der Waals surface area contributed by atoms with Crippen molar-refractivity contribution in [1.29, 1.82) is 0 Å². The van der Waals surface area contributed by atoms with E-state index < -0.39 is 34.6 Å². The molecule has 0 spiro atoms. The third-order valence-electron chi connectivity index (χ3n) is 1.98. The van der Waals surface area contributed by atoms with Gasteiger partial charge in [0.15, 0.2) is 17.4 Å². The summed E-state index contributed by atoms with van der Waals surface area (Å²) in [4.78, 5) is 0. The number of methoxy groups -OCH3 is 1. The van der Waals surface area contributed by atoms with Crippen LogP contribution in [0.1, 0.15) is 5.56 Å². The van der Waals surface area contributed by atoms with Crippen molar-refractivity contribution in [2.24, 2.45) is 0 Å². The van der Waals surface area contributed by atoms with Gasteiger partial charge in [0, 0.05) is 12.7 Å². The highest BCUT2D eigenvalue weighted by atomic mass is 19.2. The van der Waals surface area contributed by atoms with Crippen LogP contribution in [0.5, 0.6) is 5.75 Å². The van der Waals surface area contributed by atoms with Gasteiger partial charge in [0.2, 0.25) is 11.6 Å². The molecule has 0 N–H and O–H groups in total. The Morgan fingerprint density at radius 1 is 0.875 bits per heavy atom. The Bertz CT molecular complexity index is 364. The lowest BCUT2D eigenvalue weighted by atomic mass is 10.2. The molecule has 0 aliphatic heterocycles. The average molecular weight is 238 g/mol. The number of hydrogen-bond donors (Lipinski definition) is 0. The van der Waals surface area contributed by atoms with Crippen LogP contribution >= 0.6 is 0 Å². The van der Waals surface area contributed by atoms with Crippen molar-refractivity contribution in [3.63, 3.8) is 0 Å². The lowest BCUT2D eigenvalue weighted by Crippen LogP contribution is -2.10. The Labute approximate surface area is 89.8 Å². The van der Waals surface area contributed by atoms with Gasteiger partial charge in [-0.25, -0.2) is 8.78 Å². The predicted octanol–water partition coefficient (Wildman–Crippen LogP) is 2.58. The molecule has 0 aliphatic carbocycles. The molecule has 0 atom stereocenters. The number of hydrogen-bond acceptors (Lipinski definition) is 2. The maximum absolute atomic E-state index is 13.2. The number of ether oxygens (including phenoxy) is 2. The van der Waals surface area contributed by atoms with Gasteiger partial charge in [-0.2, -0.15) is 8.78 Å². The Hall–Kier alpha value is -1.30. The molecule has 0 amide bonds. The first-order valence-corrected chi connectivity index (χ1v) is 4.45.